The molecule has 0 aliphatic carbocycles. The molecule has 0 fully saturated rings. The van der Waals surface area contributed by atoms with Crippen molar-refractivity contribution in [3.8, 4) is 0 Å². The number of benzene rings is 1. The first-order valence-electron chi connectivity index (χ1n) is 8.09. The smallest absolute Gasteiger partial charge is 0.315 e. The molecule has 24 heavy (non-hydrogen) atoms. The lowest BCUT2D eigenvalue weighted by Crippen LogP contribution is -2.38. The molecule has 2 rings (SSSR count). The number of aryl methyl sites for hydroxylation is 1. The molecule has 2 amide bonds. The van der Waals surface area contributed by atoms with Crippen molar-refractivity contribution in [3.63, 3.8) is 0 Å². The number of thioether (sulfide) groups is 1. The molecule has 7 heteroatoms. The summed E-state index contributed by atoms with van der Waals surface area (Å²) in [7, 11) is 1.84. The first-order chi connectivity index (χ1) is 11.5. The van der Waals surface area contributed by atoms with E-state index in [1.54, 1.807) is 4.68 Å². The Labute approximate surface area is 147 Å². The van der Waals surface area contributed by atoms with E-state index in [0.29, 0.717) is 18.2 Å². The molecule has 0 aliphatic rings. The molecule has 0 radical (unpaired) electrons. The number of hydrogen-bond acceptors (Lipinski definition) is 4. The van der Waals surface area contributed by atoms with Gasteiger partial charge in [-0.25, -0.2) is 9.78 Å². The number of amides is 2. The van der Waals surface area contributed by atoms with Crippen LogP contribution in [-0.4, -0.2) is 32.6 Å². The van der Waals surface area contributed by atoms with Gasteiger partial charge in [0.1, 0.15) is 12.2 Å². The highest BCUT2D eigenvalue weighted by molar-refractivity contribution is 7.99. The van der Waals surface area contributed by atoms with Crippen molar-refractivity contribution in [1.82, 2.24) is 25.4 Å². The minimum absolute atomic E-state index is 0.0436. The Hall–Kier alpha value is -2.02. The van der Waals surface area contributed by atoms with Gasteiger partial charge in [0.05, 0.1) is 6.04 Å². The molecule has 2 N–H and O–H groups in total. The molecule has 1 heterocycles. The lowest BCUT2D eigenvalue weighted by Gasteiger charge is -2.15. The molecule has 1 aromatic carbocycles. The molecule has 0 saturated carbocycles. The second-order valence-electron chi connectivity index (χ2n) is 5.91. The predicted molar refractivity (Wildman–Crippen MR) is 97.1 cm³/mol. The summed E-state index contributed by atoms with van der Waals surface area (Å²) < 4.78 is 1.71. The number of urea groups is 1. The zero-order valence-corrected chi connectivity index (χ0v) is 15.4. The molecule has 1 atom stereocenters. The molecule has 1 aromatic heterocycles. The van der Waals surface area contributed by atoms with Crippen LogP contribution in [0.1, 0.15) is 38.2 Å². The van der Waals surface area contributed by atoms with Gasteiger partial charge in [0, 0.05) is 30.2 Å². The van der Waals surface area contributed by atoms with Crippen LogP contribution in [0, 0.1) is 0 Å². The van der Waals surface area contributed by atoms with Crippen LogP contribution in [0.2, 0.25) is 0 Å². The normalized spacial score (nSPS) is 12.2. The van der Waals surface area contributed by atoms with E-state index in [4.69, 9.17) is 0 Å². The summed E-state index contributed by atoms with van der Waals surface area (Å²) in [5.74, 6) is 0.849. The van der Waals surface area contributed by atoms with Gasteiger partial charge in [0.25, 0.3) is 0 Å². The highest BCUT2D eigenvalue weighted by Crippen LogP contribution is 2.24. The van der Waals surface area contributed by atoms with Gasteiger partial charge in [-0.1, -0.05) is 26.0 Å². The first kappa shape index (κ1) is 18.3. The van der Waals surface area contributed by atoms with Crippen molar-refractivity contribution >= 4 is 17.8 Å². The maximum absolute atomic E-state index is 12.0. The number of nitrogens with zero attached hydrogens (tertiary/aromatic N) is 3. The Kier molecular flexibility index (Phi) is 6.66. The number of hydrogen-bond donors (Lipinski definition) is 2. The highest BCUT2D eigenvalue weighted by Gasteiger charge is 2.10. The summed E-state index contributed by atoms with van der Waals surface area (Å²) in [5.41, 5.74) is 1.09. The van der Waals surface area contributed by atoms with Crippen LogP contribution in [0.5, 0.6) is 0 Å². The van der Waals surface area contributed by atoms with E-state index < -0.39 is 0 Å². The lowest BCUT2D eigenvalue weighted by atomic mass is 10.1. The number of carbonyl (C=O) groups is 1. The van der Waals surface area contributed by atoms with Crippen molar-refractivity contribution in [2.24, 2.45) is 7.05 Å². The summed E-state index contributed by atoms with van der Waals surface area (Å²) in [6.45, 7) is 6.85. The molecule has 1 unspecified atom stereocenters. The first-order valence-corrected chi connectivity index (χ1v) is 8.97. The van der Waals surface area contributed by atoms with Crippen LogP contribution in [0.15, 0.2) is 35.5 Å². The van der Waals surface area contributed by atoms with Crippen molar-refractivity contribution in [2.75, 3.05) is 6.54 Å². The fourth-order valence-electron chi connectivity index (χ4n) is 2.27. The van der Waals surface area contributed by atoms with Crippen molar-refractivity contribution in [3.05, 3.63) is 42.0 Å². The number of rotatable bonds is 7. The number of aromatic nitrogens is 3. The van der Waals surface area contributed by atoms with Crippen molar-refractivity contribution in [1.29, 1.82) is 0 Å². The Bertz CT molecular complexity index is 653. The van der Waals surface area contributed by atoms with E-state index >= 15 is 0 Å². The van der Waals surface area contributed by atoms with E-state index in [1.165, 1.54) is 11.2 Å². The van der Waals surface area contributed by atoms with Gasteiger partial charge in [-0.05, 0) is 24.6 Å². The molecular weight excluding hydrogens is 322 g/mol. The third-order valence-electron chi connectivity index (χ3n) is 3.54. The van der Waals surface area contributed by atoms with Crippen LogP contribution < -0.4 is 10.6 Å². The van der Waals surface area contributed by atoms with E-state index in [0.717, 1.165) is 11.4 Å². The average molecular weight is 347 g/mol. The molecule has 0 spiro atoms. The van der Waals surface area contributed by atoms with E-state index in [2.05, 4.69) is 58.8 Å². The molecule has 0 aliphatic heterocycles. The standard InChI is InChI=1S/C17H25N5OS/c1-12(2)24-15-7-5-14(6-8-15)13(3)21-17(23)18-10-9-16-19-11-20-22(16)4/h5-8,11-13H,9-10H2,1-4H3,(H2,18,21,23). The van der Waals surface area contributed by atoms with Gasteiger partial charge in [-0.2, -0.15) is 5.10 Å². The van der Waals surface area contributed by atoms with Gasteiger partial charge in [-0.15, -0.1) is 11.8 Å². The number of nitrogens with one attached hydrogen (secondary N) is 2. The third-order valence-corrected chi connectivity index (χ3v) is 4.55. The zero-order valence-electron chi connectivity index (χ0n) is 14.6. The van der Waals surface area contributed by atoms with Crippen molar-refractivity contribution in [2.45, 2.75) is 43.4 Å². The maximum Gasteiger partial charge on any atom is 0.315 e. The van der Waals surface area contributed by atoms with E-state index in [9.17, 15) is 4.79 Å². The molecule has 0 bridgehead atoms. The Balaban J connectivity index is 1.77. The summed E-state index contributed by atoms with van der Waals surface area (Å²) in [6, 6.07) is 8.11. The average Bonchev–Trinajstić information content (AvgIpc) is 2.92. The second kappa shape index (κ2) is 8.73. The Morgan fingerprint density at radius 1 is 1.25 bits per heavy atom. The fourth-order valence-corrected chi connectivity index (χ4v) is 3.11. The highest BCUT2D eigenvalue weighted by atomic mass is 32.2. The maximum atomic E-state index is 12.0. The summed E-state index contributed by atoms with van der Waals surface area (Å²) in [4.78, 5) is 17.4. The summed E-state index contributed by atoms with van der Waals surface area (Å²) >= 11 is 1.83. The van der Waals surface area contributed by atoms with Crippen molar-refractivity contribution < 1.29 is 4.79 Å². The van der Waals surface area contributed by atoms with Gasteiger partial charge >= 0.3 is 6.03 Å². The number of carbonyl (C=O) groups excluding carboxylic acids is 1. The van der Waals surface area contributed by atoms with Crippen LogP contribution in [-0.2, 0) is 13.5 Å². The van der Waals surface area contributed by atoms with Gasteiger partial charge in [0.2, 0.25) is 0 Å². The molecule has 2 aromatic rings. The van der Waals surface area contributed by atoms with Gasteiger partial charge < -0.3 is 10.6 Å². The summed E-state index contributed by atoms with van der Waals surface area (Å²) in [6.07, 6.45) is 2.16. The molecule has 0 saturated heterocycles. The summed E-state index contributed by atoms with van der Waals surface area (Å²) in [5, 5.41) is 10.4. The minimum Gasteiger partial charge on any atom is -0.338 e. The van der Waals surface area contributed by atoms with Crippen LogP contribution in [0.25, 0.3) is 0 Å². The third kappa shape index (κ3) is 5.56. The second-order valence-corrected chi connectivity index (χ2v) is 7.56. The van der Waals surface area contributed by atoms with Crippen LogP contribution in [0.3, 0.4) is 0 Å². The largest absolute Gasteiger partial charge is 0.338 e. The Morgan fingerprint density at radius 2 is 1.96 bits per heavy atom. The van der Waals surface area contributed by atoms with Crippen LogP contribution in [0.4, 0.5) is 4.79 Å². The topological polar surface area (TPSA) is 71.8 Å². The van der Waals surface area contributed by atoms with Gasteiger partial charge in [0.15, 0.2) is 0 Å². The van der Waals surface area contributed by atoms with E-state index in [1.807, 2.05) is 25.7 Å². The molecule has 6 nitrogen and oxygen atoms in total. The predicted octanol–water partition coefficient (Wildman–Crippen LogP) is 2.92. The van der Waals surface area contributed by atoms with E-state index in [-0.39, 0.29) is 12.1 Å². The monoisotopic (exact) mass is 347 g/mol. The quantitative estimate of drug-likeness (QED) is 0.756. The lowest BCUT2D eigenvalue weighted by molar-refractivity contribution is 0.238. The Morgan fingerprint density at radius 3 is 2.54 bits per heavy atom. The van der Waals surface area contributed by atoms with Gasteiger partial charge in [-0.3, -0.25) is 4.68 Å². The minimum atomic E-state index is -0.176. The zero-order chi connectivity index (χ0) is 17.5. The molecular formula is C17H25N5OS. The van der Waals surface area contributed by atoms with Crippen LogP contribution >= 0.6 is 11.8 Å². The fraction of sp³-hybridized carbons (Fsp3) is 0.471. The molecule has 130 valence electrons. The SMILES string of the molecule is CC(C)Sc1ccc(C(C)NC(=O)NCCc2ncnn2C)cc1.